The fraction of sp³-hybridized carbons (Fsp3) is 0.0870. The molecular weight excluding hydrogens is 410 g/mol. The van der Waals surface area contributed by atoms with Gasteiger partial charge in [-0.05, 0) is 17.5 Å². The Labute approximate surface area is 182 Å². The maximum absolute atomic E-state index is 12.3. The van der Waals surface area contributed by atoms with Gasteiger partial charge < -0.3 is 11.1 Å². The number of aromatic nitrogens is 3. The van der Waals surface area contributed by atoms with Crippen LogP contribution in [0.15, 0.2) is 65.8 Å². The third-order valence-corrected chi connectivity index (χ3v) is 5.95. The van der Waals surface area contributed by atoms with Crippen molar-refractivity contribution in [1.82, 2.24) is 15.2 Å². The zero-order valence-corrected chi connectivity index (χ0v) is 17.1. The molecule has 1 aliphatic carbocycles. The van der Waals surface area contributed by atoms with Gasteiger partial charge >= 0.3 is 0 Å². The maximum atomic E-state index is 12.3. The largest absolute Gasteiger partial charge is 0.366 e. The Morgan fingerprint density at radius 3 is 2.42 bits per heavy atom. The van der Waals surface area contributed by atoms with E-state index >= 15 is 0 Å². The number of nitrogens with one attached hydrogen (secondary N) is 1. The lowest BCUT2D eigenvalue weighted by molar-refractivity contribution is -0.115. The van der Waals surface area contributed by atoms with Gasteiger partial charge in [0.15, 0.2) is 0 Å². The van der Waals surface area contributed by atoms with Crippen LogP contribution in [0.5, 0.6) is 0 Å². The summed E-state index contributed by atoms with van der Waals surface area (Å²) >= 11 is 1.37. The Morgan fingerprint density at radius 1 is 0.903 bits per heavy atom. The minimum atomic E-state index is -0.584. The lowest BCUT2D eigenvalue weighted by Gasteiger charge is -2.08. The first-order valence-corrected chi connectivity index (χ1v) is 10.7. The van der Waals surface area contributed by atoms with Crippen LogP contribution in [0.4, 0.5) is 5.69 Å². The molecule has 1 aromatic heterocycles. The Bertz CT molecular complexity index is 1350. The first-order valence-electron chi connectivity index (χ1n) is 9.70. The number of fused-ring (bicyclic) bond motifs is 3. The van der Waals surface area contributed by atoms with Crippen molar-refractivity contribution in [3.8, 4) is 22.5 Å². The monoisotopic (exact) mass is 427 g/mol. The number of para-hydroxylation sites is 1. The number of anilines is 1. The Hall–Kier alpha value is -3.78. The number of carbonyl (C=O) groups is 2. The second-order valence-corrected chi connectivity index (χ2v) is 8.12. The van der Waals surface area contributed by atoms with Crippen molar-refractivity contribution in [2.45, 2.75) is 11.6 Å². The summed E-state index contributed by atoms with van der Waals surface area (Å²) in [6.45, 7) is 0. The van der Waals surface area contributed by atoms with Gasteiger partial charge in [0.1, 0.15) is 11.4 Å². The van der Waals surface area contributed by atoms with E-state index < -0.39 is 5.91 Å². The Morgan fingerprint density at radius 2 is 1.65 bits per heavy atom. The second kappa shape index (κ2) is 7.81. The van der Waals surface area contributed by atoms with Crippen LogP contribution in [0.3, 0.4) is 0 Å². The van der Waals surface area contributed by atoms with Crippen LogP contribution in [0.25, 0.3) is 33.3 Å². The molecule has 0 radical (unpaired) electrons. The second-order valence-electron chi connectivity index (χ2n) is 7.06. The molecule has 0 spiro atoms. The predicted molar refractivity (Wildman–Crippen MR) is 121 cm³/mol. The minimum absolute atomic E-state index is 0.215. The van der Waals surface area contributed by atoms with Gasteiger partial charge in [0, 0.05) is 28.7 Å². The van der Waals surface area contributed by atoms with Crippen LogP contribution in [0.1, 0.15) is 16.8 Å². The number of hydrogen-bond donors (Lipinski definition) is 2. The number of benzene rings is 3. The van der Waals surface area contributed by atoms with E-state index in [0.717, 1.165) is 33.3 Å². The van der Waals surface area contributed by atoms with Crippen LogP contribution in [-0.2, 0) is 4.79 Å². The minimum Gasteiger partial charge on any atom is -0.366 e. The van der Waals surface area contributed by atoms with Crippen molar-refractivity contribution in [2.24, 2.45) is 5.73 Å². The van der Waals surface area contributed by atoms with Crippen LogP contribution in [0.2, 0.25) is 0 Å². The zero-order valence-electron chi connectivity index (χ0n) is 16.3. The molecule has 31 heavy (non-hydrogen) atoms. The van der Waals surface area contributed by atoms with Gasteiger partial charge in [-0.25, -0.2) is 4.98 Å². The third kappa shape index (κ3) is 3.51. The molecule has 2 amide bonds. The van der Waals surface area contributed by atoms with E-state index in [2.05, 4.69) is 27.6 Å². The van der Waals surface area contributed by atoms with Crippen molar-refractivity contribution >= 4 is 40.0 Å². The lowest BCUT2D eigenvalue weighted by atomic mass is 10.0. The molecular formula is C23H17N5O2S. The number of primary amides is 1. The summed E-state index contributed by atoms with van der Waals surface area (Å²) < 4.78 is 0. The van der Waals surface area contributed by atoms with Gasteiger partial charge in [-0.3, -0.25) is 9.59 Å². The molecule has 0 unspecified atom stereocenters. The number of carbonyl (C=O) groups excluding carboxylic acids is 2. The molecule has 5 rings (SSSR count). The average molecular weight is 427 g/mol. The van der Waals surface area contributed by atoms with E-state index in [9.17, 15) is 9.59 Å². The molecule has 0 fully saturated rings. The smallest absolute Gasteiger partial charge is 0.250 e. The third-order valence-electron chi connectivity index (χ3n) is 5.11. The molecule has 1 aliphatic rings. The van der Waals surface area contributed by atoms with Crippen LogP contribution in [-0.4, -0.2) is 32.7 Å². The highest BCUT2D eigenvalue weighted by atomic mass is 32.2. The summed E-state index contributed by atoms with van der Waals surface area (Å²) in [7, 11) is 0. The Balaban J connectivity index is 1.28. The van der Waals surface area contributed by atoms with E-state index in [4.69, 9.17) is 10.7 Å². The highest BCUT2D eigenvalue weighted by Crippen LogP contribution is 2.44. The van der Waals surface area contributed by atoms with Gasteiger partial charge in [-0.15, -0.1) is 10.2 Å². The van der Waals surface area contributed by atoms with E-state index in [0.29, 0.717) is 16.6 Å². The molecule has 7 nitrogen and oxygen atoms in total. The first-order chi connectivity index (χ1) is 15.1. The number of rotatable bonds is 6. The van der Waals surface area contributed by atoms with E-state index in [1.807, 2.05) is 24.3 Å². The number of nitrogens with zero attached hydrogens (tertiary/aromatic N) is 3. The molecule has 0 saturated heterocycles. The summed E-state index contributed by atoms with van der Waals surface area (Å²) in [5.41, 5.74) is 9.76. The van der Waals surface area contributed by atoms with Crippen LogP contribution >= 0.6 is 11.8 Å². The molecule has 0 aliphatic heterocycles. The lowest BCUT2D eigenvalue weighted by Crippen LogP contribution is -2.18. The molecule has 0 bridgehead atoms. The van der Waals surface area contributed by atoms with Crippen molar-refractivity contribution in [3.05, 3.63) is 66.2 Å². The van der Waals surface area contributed by atoms with Gasteiger partial charge in [0.05, 0.1) is 11.3 Å². The first kappa shape index (κ1) is 19.2. The fourth-order valence-corrected chi connectivity index (χ4v) is 4.46. The summed E-state index contributed by atoms with van der Waals surface area (Å²) in [4.78, 5) is 28.5. The molecule has 4 aromatic rings. The summed E-state index contributed by atoms with van der Waals surface area (Å²) in [6.07, 6.45) is 0.230. The fourth-order valence-electron chi connectivity index (χ4n) is 3.73. The molecule has 152 valence electrons. The van der Waals surface area contributed by atoms with Gasteiger partial charge in [-0.1, -0.05) is 60.3 Å². The zero-order chi connectivity index (χ0) is 21.4. The summed E-state index contributed by atoms with van der Waals surface area (Å²) in [5.74, 6) is -0.325. The molecule has 0 saturated carbocycles. The predicted octanol–water partition coefficient (Wildman–Crippen LogP) is 3.89. The number of nitrogens with two attached hydrogens (primary N) is 1. The number of hydrogen-bond acceptors (Lipinski definition) is 6. The van der Waals surface area contributed by atoms with Gasteiger partial charge in [-0.2, -0.15) is 0 Å². The van der Waals surface area contributed by atoms with Crippen molar-refractivity contribution in [1.29, 1.82) is 0 Å². The average Bonchev–Trinajstić information content (AvgIpc) is 3.09. The topological polar surface area (TPSA) is 111 Å². The quantitative estimate of drug-likeness (QED) is 0.398. The van der Waals surface area contributed by atoms with Crippen LogP contribution < -0.4 is 11.1 Å². The van der Waals surface area contributed by atoms with E-state index in [1.54, 1.807) is 24.3 Å². The number of thioether (sulfide) groups is 1. The maximum Gasteiger partial charge on any atom is 0.250 e. The van der Waals surface area contributed by atoms with Crippen molar-refractivity contribution in [3.63, 3.8) is 0 Å². The normalized spacial score (nSPS) is 11.4. The van der Waals surface area contributed by atoms with E-state index in [-0.39, 0.29) is 17.9 Å². The summed E-state index contributed by atoms with van der Waals surface area (Å²) in [6, 6.07) is 18.9. The van der Waals surface area contributed by atoms with E-state index in [1.165, 1.54) is 11.8 Å². The number of amides is 2. The molecule has 1 heterocycles. The molecule has 8 heteroatoms. The molecule has 0 atom stereocenters. The van der Waals surface area contributed by atoms with Gasteiger partial charge in [0.2, 0.25) is 11.1 Å². The molecule has 3 aromatic carbocycles. The summed E-state index contributed by atoms with van der Waals surface area (Å²) in [5, 5.41) is 14.2. The Kier molecular flexibility index (Phi) is 4.83. The highest BCUT2D eigenvalue weighted by Gasteiger charge is 2.24. The van der Waals surface area contributed by atoms with Crippen molar-refractivity contribution in [2.75, 3.05) is 11.1 Å². The standard InChI is InChI=1S/C23H17N5O2S/c24-22(30)14-7-1-2-10-17(14)25-18(29)11-12-31-23-26-20-15-8-3-5-13-6-4-9-16(19(13)15)21(20)27-28-23/h1-10H,11-12H2,(H2,24,30)(H,25,29). The van der Waals surface area contributed by atoms with Gasteiger partial charge in [0.25, 0.3) is 5.91 Å². The highest BCUT2D eigenvalue weighted by molar-refractivity contribution is 7.99. The van der Waals surface area contributed by atoms with Crippen molar-refractivity contribution < 1.29 is 9.59 Å². The molecule has 3 N–H and O–H groups in total. The van der Waals surface area contributed by atoms with Crippen LogP contribution in [0, 0.1) is 0 Å². The SMILES string of the molecule is NC(=O)c1ccccc1NC(=O)CCSc1nnc2c(n1)-c1cccc3cccc-2c13.